The molecule has 1 saturated carbocycles. The number of hydrogen-bond donors (Lipinski definition) is 2. The summed E-state index contributed by atoms with van der Waals surface area (Å²) in [4.78, 5) is 11.7. The highest BCUT2D eigenvalue weighted by molar-refractivity contribution is 7.71. The first kappa shape index (κ1) is 13.8. The molecule has 1 aromatic carbocycles. The fourth-order valence-corrected chi connectivity index (χ4v) is 2.40. The molecule has 1 aromatic heterocycles. The largest absolute Gasteiger partial charge is 0.445 e. The van der Waals surface area contributed by atoms with Gasteiger partial charge in [-0.1, -0.05) is 30.3 Å². The van der Waals surface area contributed by atoms with E-state index < -0.39 is 6.09 Å². The number of benzene rings is 1. The second-order valence-electron chi connectivity index (χ2n) is 4.96. The molecule has 1 heterocycles. The topological polar surface area (TPSA) is 71.9 Å². The Balaban J connectivity index is 1.51. The average molecular weight is 304 g/mol. The van der Waals surface area contributed by atoms with Crippen LogP contribution in [0, 0.1) is 4.77 Å². The van der Waals surface area contributed by atoms with Crippen LogP contribution < -0.4 is 5.32 Å². The van der Waals surface area contributed by atoms with Gasteiger partial charge in [-0.15, -0.1) is 0 Å². The molecule has 0 aliphatic heterocycles. The van der Waals surface area contributed by atoms with E-state index >= 15 is 0 Å². The summed E-state index contributed by atoms with van der Waals surface area (Å²) in [7, 11) is 0. The quantitative estimate of drug-likeness (QED) is 0.833. The van der Waals surface area contributed by atoms with E-state index in [9.17, 15) is 4.79 Å². The van der Waals surface area contributed by atoms with Gasteiger partial charge in [0, 0.05) is 6.04 Å². The Morgan fingerprint density at radius 3 is 2.90 bits per heavy atom. The summed E-state index contributed by atoms with van der Waals surface area (Å²) in [6, 6.07) is 9.98. The first-order valence-corrected chi connectivity index (χ1v) is 7.25. The van der Waals surface area contributed by atoms with Crippen molar-refractivity contribution in [2.24, 2.45) is 0 Å². The monoisotopic (exact) mass is 304 g/mol. The van der Waals surface area contributed by atoms with Gasteiger partial charge in [0.1, 0.15) is 6.61 Å². The lowest BCUT2D eigenvalue weighted by Crippen LogP contribution is -2.25. The van der Waals surface area contributed by atoms with Gasteiger partial charge in [0.15, 0.2) is 10.6 Å². The average Bonchev–Trinajstić information content (AvgIpc) is 3.27. The molecule has 21 heavy (non-hydrogen) atoms. The van der Waals surface area contributed by atoms with E-state index in [4.69, 9.17) is 17.0 Å². The predicted octanol–water partition coefficient (Wildman–Crippen LogP) is 2.70. The molecular formula is C14H16N4O2S. The molecule has 2 N–H and O–H groups in total. The minimum atomic E-state index is -0.463. The molecule has 0 unspecified atom stereocenters. The lowest BCUT2D eigenvalue weighted by Gasteiger charge is -2.08. The van der Waals surface area contributed by atoms with Crippen molar-refractivity contribution in [1.82, 2.24) is 20.1 Å². The van der Waals surface area contributed by atoms with Crippen molar-refractivity contribution in [2.75, 3.05) is 0 Å². The fourth-order valence-electron chi connectivity index (χ4n) is 2.10. The molecule has 6 nitrogen and oxygen atoms in total. The van der Waals surface area contributed by atoms with Crippen molar-refractivity contribution in [3.05, 3.63) is 46.5 Å². The maximum Gasteiger partial charge on any atom is 0.407 e. The number of rotatable bonds is 5. The first-order valence-electron chi connectivity index (χ1n) is 6.84. The third-order valence-corrected chi connectivity index (χ3v) is 3.58. The molecule has 0 atom stereocenters. The lowest BCUT2D eigenvalue weighted by molar-refractivity contribution is 0.138. The van der Waals surface area contributed by atoms with Crippen molar-refractivity contribution in [1.29, 1.82) is 0 Å². The summed E-state index contributed by atoms with van der Waals surface area (Å²) < 4.78 is 7.72. The highest BCUT2D eigenvalue weighted by atomic mass is 32.1. The molecule has 0 saturated heterocycles. The molecule has 7 heteroatoms. The molecule has 0 radical (unpaired) electrons. The number of nitrogens with one attached hydrogen (secondary N) is 2. The number of alkyl carbamates (subject to hydrolysis) is 1. The van der Waals surface area contributed by atoms with E-state index in [1.165, 1.54) is 0 Å². The third kappa shape index (κ3) is 3.49. The number of amides is 1. The zero-order valence-corrected chi connectivity index (χ0v) is 12.2. The molecule has 1 aliphatic carbocycles. The van der Waals surface area contributed by atoms with Gasteiger partial charge >= 0.3 is 6.09 Å². The Morgan fingerprint density at radius 1 is 1.43 bits per heavy atom. The van der Waals surface area contributed by atoms with Crippen LogP contribution in [-0.2, 0) is 17.9 Å². The van der Waals surface area contributed by atoms with Crippen LogP contribution in [0.4, 0.5) is 4.79 Å². The number of hydrogen-bond acceptors (Lipinski definition) is 4. The maximum atomic E-state index is 11.7. The van der Waals surface area contributed by atoms with Crippen LogP contribution in [-0.4, -0.2) is 20.9 Å². The van der Waals surface area contributed by atoms with E-state index in [2.05, 4.69) is 15.5 Å². The summed E-state index contributed by atoms with van der Waals surface area (Å²) in [5, 5.41) is 9.60. The van der Waals surface area contributed by atoms with Crippen LogP contribution in [0.2, 0.25) is 0 Å². The number of aromatic amines is 1. The van der Waals surface area contributed by atoms with Crippen LogP contribution in [0.15, 0.2) is 30.3 Å². The fraction of sp³-hybridized carbons (Fsp3) is 0.357. The van der Waals surface area contributed by atoms with Gasteiger partial charge in [-0.25, -0.2) is 4.79 Å². The maximum absolute atomic E-state index is 11.7. The SMILES string of the molecule is O=C(NCc1n[nH]c(=S)n1C1CC1)OCc1ccccc1. The Kier molecular flexibility index (Phi) is 4.01. The van der Waals surface area contributed by atoms with Crippen LogP contribution in [0.25, 0.3) is 0 Å². The molecule has 0 spiro atoms. The van der Waals surface area contributed by atoms with Crippen molar-refractivity contribution in [3.63, 3.8) is 0 Å². The summed E-state index contributed by atoms with van der Waals surface area (Å²) in [5.41, 5.74) is 0.952. The standard InChI is InChI=1S/C14H16N4O2S/c19-14(20-9-10-4-2-1-3-5-10)15-8-12-16-17-13(21)18(12)11-6-7-11/h1-5,11H,6-9H2,(H,15,19)(H,17,21). The van der Waals surface area contributed by atoms with E-state index in [0.717, 1.165) is 24.2 Å². The van der Waals surface area contributed by atoms with Crippen LogP contribution in [0.5, 0.6) is 0 Å². The number of H-pyrrole nitrogens is 1. The minimum absolute atomic E-state index is 0.252. The van der Waals surface area contributed by atoms with E-state index in [0.29, 0.717) is 17.4 Å². The molecule has 110 valence electrons. The van der Waals surface area contributed by atoms with Gasteiger partial charge in [-0.05, 0) is 30.6 Å². The normalized spacial score (nSPS) is 13.9. The zero-order chi connectivity index (χ0) is 14.7. The van der Waals surface area contributed by atoms with Gasteiger partial charge in [0.25, 0.3) is 0 Å². The molecule has 1 aliphatic rings. The molecule has 1 fully saturated rings. The Hall–Kier alpha value is -2.15. The van der Waals surface area contributed by atoms with E-state index in [1.54, 1.807) is 0 Å². The van der Waals surface area contributed by atoms with Gasteiger partial charge in [-0.3, -0.25) is 9.67 Å². The number of aromatic nitrogens is 3. The predicted molar refractivity (Wildman–Crippen MR) is 79.1 cm³/mol. The minimum Gasteiger partial charge on any atom is -0.445 e. The van der Waals surface area contributed by atoms with Crippen molar-refractivity contribution < 1.29 is 9.53 Å². The smallest absolute Gasteiger partial charge is 0.407 e. The Bertz CT molecular complexity index is 676. The van der Waals surface area contributed by atoms with Crippen molar-refractivity contribution in [3.8, 4) is 0 Å². The second kappa shape index (κ2) is 6.09. The molecule has 3 rings (SSSR count). The van der Waals surface area contributed by atoms with Crippen molar-refractivity contribution >= 4 is 18.3 Å². The van der Waals surface area contributed by atoms with Crippen LogP contribution in [0.3, 0.4) is 0 Å². The first-order chi connectivity index (χ1) is 10.2. The Morgan fingerprint density at radius 2 is 2.19 bits per heavy atom. The molecular weight excluding hydrogens is 288 g/mol. The molecule has 0 bridgehead atoms. The third-order valence-electron chi connectivity index (χ3n) is 3.29. The number of ether oxygens (including phenoxy) is 1. The van der Waals surface area contributed by atoms with Crippen LogP contribution in [0.1, 0.15) is 30.3 Å². The number of nitrogens with zero attached hydrogens (tertiary/aromatic N) is 2. The molecule has 2 aromatic rings. The number of carbonyl (C=O) groups is 1. The van der Waals surface area contributed by atoms with Gasteiger partial charge in [0.2, 0.25) is 0 Å². The Labute approximate surface area is 127 Å². The van der Waals surface area contributed by atoms with E-state index in [-0.39, 0.29) is 6.61 Å². The summed E-state index contributed by atoms with van der Waals surface area (Å²) >= 11 is 5.19. The number of carbonyl (C=O) groups excluding carboxylic acids is 1. The van der Waals surface area contributed by atoms with Crippen LogP contribution >= 0.6 is 12.2 Å². The summed E-state index contributed by atoms with van der Waals surface area (Å²) in [6.07, 6.45) is 1.76. The van der Waals surface area contributed by atoms with Gasteiger partial charge in [-0.2, -0.15) is 5.10 Å². The van der Waals surface area contributed by atoms with E-state index in [1.807, 2.05) is 34.9 Å². The summed E-state index contributed by atoms with van der Waals surface area (Å²) in [5.74, 6) is 0.735. The van der Waals surface area contributed by atoms with Gasteiger partial charge < -0.3 is 10.1 Å². The van der Waals surface area contributed by atoms with Crippen molar-refractivity contribution in [2.45, 2.75) is 32.0 Å². The van der Waals surface area contributed by atoms with Gasteiger partial charge in [0.05, 0.1) is 6.54 Å². The molecule has 1 amide bonds. The summed E-state index contributed by atoms with van der Waals surface area (Å²) in [6.45, 7) is 0.555. The highest BCUT2D eigenvalue weighted by Crippen LogP contribution is 2.35. The zero-order valence-electron chi connectivity index (χ0n) is 11.4. The second-order valence-corrected chi connectivity index (χ2v) is 5.35. The lowest BCUT2D eigenvalue weighted by atomic mass is 10.2. The highest BCUT2D eigenvalue weighted by Gasteiger charge is 2.27.